The van der Waals surface area contributed by atoms with Gasteiger partial charge >= 0.3 is 12.1 Å². The van der Waals surface area contributed by atoms with Crippen molar-refractivity contribution in [3.63, 3.8) is 0 Å². The van der Waals surface area contributed by atoms with Gasteiger partial charge in [0.15, 0.2) is 11.6 Å². The molecule has 0 aliphatic carbocycles. The second-order valence-electron chi connectivity index (χ2n) is 9.18. The van der Waals surface area contributed by atoms with Gasteiger partial charge in [0.1, 0.15) is 17.0 Å². The number of carboxylic acid groups (broad SMARTS) is 1. The van der Waals surface area contributed by atoms with Gasteiger partial charge in [-0.3, -0.25) is 14.0 Å². The minimum Gasteiger partial charge on any atom is -0.478 e. The van der Waals surface area contributed by atoms with E-state index in [9.17, 15) is 36.3 Å². The first kappa shape index (κ1) is 28.1. The highest BCUT2D eigenvalue weighted by Gasteiger charge is 2.30. The molecule has 7 nitrogen and oxygen atoms in total. The number of fused-ring (bicyclic) bond motifs is 1. The number of alkyl halides is 3. The van der Waals surface area contributed by atoms with E-state index in [1.165, 1.54) is 46.9 Å². The molecule has 0 saturated heterocycles. The Morgan fingerprint density at radius 1 is 0.786 bits per heavy atom. The van der Waals surface area contributed by atoms with E-state index in [-0.39, 0.29) is 45.8 Å². The summed E-state index contributed by atoms with van der Waals surface area (Å²) in [5.41, 5.74) is -0.0824. The van der Waals surface area contributed by atoms with Gasteiger partial charge in [-0.15, -0.1) is 0 Å². The molecule has 42 heavy (non-hydrogen) atoms. The van der Waals surface area contributed by atoms with Crippen LogP contribution in [0.15, 0.2) is 85.1 Å². The first-order valence-corrected chi connectivity index (χ1v) is 12.2. The Labute approximate surface area is 233 Å². The monoisotopic (exact) mass is 579 g/mol. The zero-order valence-corrected chi connectivity index (χ0v) is 21.2. The van der Waals surface area contributed by atoms with E-state index >= 15 is 0 Å². The Morgan fingerprint density at radius 2 is 1.45 bits per heavy atom. The molecule has 2 N–H and O–H groups in total. The number of benzene rings is 3. The van der Waals surface area contributed by atoms with Crippen molar-refractivity contribution >= 4 is 23.3 Å². The Kier molecular flexibility index (Phi) is 7.29. The normalized spacial score (nSPS) is 11.5. The summed E-state index contributed by atoms with van der Waals surface area (Å²) in [5.74, 6) is -4.73. The first-order chi connectivity index (χ1) is 19.9. The van der Waals surface area contributed by atoms with Crippen LogP contribution in [0.1, 0.15) is 48.0 Å². The molecule has 0 unspecified atom stereocenters. The van der Waals surface area contributed by atoms with E-state index in [1.54, 1.807) is 0 Å². The topological polar surface area (TPSA) is 101 Å². The zero-order valence-electron chi connectivity index (χ0n) is 21.2. The summed E-state index contributed by atoms with van der Waals surface area (Å²) in [6.45, 7) is -0.0352. The molecule has 0 aliphatic rings. The van der Waals surface area contributed by atoms with Crippen LogP contribution < -0.4 is 5.32 Å². The third kappa shape index (κ3) is 5.59. The van der Waals surface area contributed by atoms with E-state index in [1.807, 2.05) is 0 Å². The molecule has 2 aromatic heterocycles. The second-order valence-corrected chi connectivity index (χ2v) is 9.18. The van der Waals surface area contributed by atoms with Crippen molar-refractivity contribution in [2.45, 2.75) is 12.7 Å². The molecule has 0 saturated carbocycles. The number of carbonyl (C=O) groups is 3. The van der Waals surface area contributed by atoms with Crippen molar-refractivity contribution in [2.24, 2.45) is 0 Å². The average molecular weight is 579 g/mol. The van der Waals surface area contributed by atoms with Crippen LogP contribution in [0.5, 0.6) is 0 Å². The van der Waals surface area contributed by atoms with Crippen molar-refractivity contribution in [3.8, 4) is 11.1 Å². The van der Waals surface area contributed by atoms with Crippen molar-refractivity contribution < 1.29 is 41.4 Å². The Morgan fingerprint density at radius 3 is 2.07 bits per heavy atom. The fraction of sp³-hybridized carbons (Fsp3) is 0.0667. The maximum Gasteiger partial charge on any atom is 0.416 e. The number of imidazole rings is 1. The van der Waals surface area contributed by atoms with Gasteiger partial charge in [0.05, 0.1) is 17.3 Å². The molecule has 0 spiro atoms. The lowest BCUT2D eigenvalue weighted by Crippen LogP contribution is -2.26. The van der Waals surface area contributed by atoms with Crippen LogP contribution in [-0.2, 0) is 12.7 Å². The first-order valence-electron chi connectivity index (χ1n) is 12.2. The van der Waals surface area contributed by atoms with Crippen molar-refractivity contribution in [2.75, 3.05) is 0 Å². The summed E-state index contributed by atoms with van der Waals surface area (Å²) in [6.07, 6.45) is -3.44. The van der Waals surface area contributed by atoms with Gasteiger partial charge in [-0.1, -0.05) is 30.3 Å². The fourth-order valence-electron chi connectivity index (χ4n) is 4.28. The SMILES string of the molecule is O=C(O)c1ccc(CNC(=O)c2cc(-c3ccc(F)c(F)c3)cc3ncc(C(=O)c4ccc(C(F)(F)F)cc4)n23)cc1. The van der Waals surface area contributed by atoms with Crippen LogP contribution in [0.3, 0.4) is 0 Å². The van der Waals surface area contributed by atoms with E-state index in [0.717, 1.165) is 42.6 Å². The summed E-state index contributed by atoms with van der Waals surface area (Å²) in [6, 6.07) is 15.2. The van der Waals surface area contributed by atoms with E-state index in [0.29, 0.717) is 5.56 Å². The van der Waals surface area contributed by atoms with E-state index < -0.39 is 41.0 Å². The predicted octanol–water partition coefficient (Wildman–Crippen LogP) is 6.16. The van der Waals surface area contributed by atoms with Gasteiger partial charge in [0.2, 0.25) is 5.78 Å². The third-order valence-electron chi connectivity index (χ3n) is 6.45. The van der Waals surface area contributed by atoms with Gasteiger partial charge in [-0.25, -0.2) is 18.6 Å². The van der Waals surface area contributed by atoms with Gasteiger partial charge in [0, 0.05) is 12.1 Å². The van der Waals surface area contributed by atoms with Crippen LogP contribution in [-0.4, -0.2) is 32.2 Å². The second kappa shape index (κ2) is 10.9. The lowest BCUT2D eigenvalue weighted by molar-refractivity contribution is -0.137. The van der Waals surface area contributed by atoms with E-state index in [2.05, 4.69) is 10.3 Å². The van der Waals surface area contributed by atoms with Gasteiger partial charge in [0.25, 0.3) is 5.91 Å². The fourth-order valence-corrected chi connectivity index (χ4v) is 4.28. The molecule has 0 aliphatic heterocycles. The number of aromatic nitrogens is 2. The molecule has 0 fully saturated rings. The van der Waals surface area contributed by atoms with Crippen LogP contribution in [0.4, 0.5) is 22.0 Å². The molecule has 2 heterocycles. The average Bonchev–Trinajstić information content (AvgIpc) is 3.40. The smallest absolute Gasteiger partial charge is 0.416 e. The molecular formula is C30H18F5N3O4. The van der Waals surface area contributed by atoms with Crippen LogP contribution >= 0.6 is 0 Å². The maximum atomic E-state index is 14.0. The summed E-state index contributed by atoms with van der Waals surface area (Å²) >= 11 is 0. The van der Waals surface area contributed by atoms with Gasteiger partial charge in [-0.2, -0.15) is 13.2 Å². The molecule has 212 valence electrons. The largest absolute Gasteiger partial charge is 0.478 e. The quantitative estimate of drug-likeness (QED) is 0.178. The van der Waals surface area contributed by atoms with E-state index in [4.69, 9.17) is 5.11 Å². The third-order valence-corrected chi connectivity index (χ3v) is 6.45. The molecule has 5 aromatic rings. The van der Waals surface area contributed by atoms with Crippen molar-refractivity contribution in [1.29, 1.82) is 0 Å². The van der Waals surface area contributed by atoms with Crippen LogP contribution in [0.25, 0.3) is 16.8 Å². The van der Waals surface area contributed by atoms with Crippen molar-refractivity contribution in [3.05, 3.63) is 130 Å². The summed E-state index contributed by atoms with van der Waals surface area (Å²) in [7, 11) is 0. The Bertz CT molecular complexity index is 1850. The molecule has 0 atom stereocenters. The van der Waals surface area contributed by atoms with Gasteiger partial charge < -0.3 is 10.4 Å². The van der Waals surface area contributed by atoms with Crippen LogP contribution in [0.2, 0.25) is 0 Å². The number of rotatable bonds is 7. The molecule has 5 rings (SSSR count). The highest BCUT2D eigenvalue weighted by molar-refractivity contribution is 6.09. The molecule has 12 heteroatoms. The molecule has 0 bridgehead atoms. The standard InChI is InChI=1S/C30H18F5N3O4/c31-22-10-7-19(11-23(22)32)20-12-24(28(40)37-14-16-1-3-18(4-2-16)29(41)42)38-25(15-36-26(38)13-20)27(39)17-5-8-21(9-6-17)30(33,34)35/h1-13,15H,14H2,(H,37,40)(H,41,42). The Balaban J connectivity index is 1.56. The summed E-state index contributed by atoms with van der Waals surface area (Å²) < 4.78 is 67.8. The van der Waals surface area contributed by atoms with Crippen LogP contribution in [0, 0.1) is 11.6 Å². The number of ketones is 1. The molecule has 1 amide bonds. The zero-order chi connectivity index (χ0) is 30.2. The number of hydrogen-bond donors (Lipinski definition) is 2. The molecular weight excluding hydrogens is 561 g/mol. The van der Waals surface area contributed by atoms with Crippen molar-refractivity contribution in [1.82, 2.24) is 14.7 Å². The Hall–Kier alpha value is -5.39. The minimum atomic E-state index is -4.60. The number of nitrogens with zero attached hydrogens (tertiary/aromatic N) is 2. The number of carboxylic acids is 1. The van der Waals surface area contributed by atoms with Gasteiger partial charge in [-0.05, 0) is 65.2 Å². The number of amides is 1. The molecule has 0 radical (unpaired) electrons. The summed E-state index contributed by atoms with van der Waals surface area (Å²) in [5, 5.41) is 11.7. The number of nitrogens with one attached hydrogen (secondary N) is 1. The lowest BCUT2D eigenvalue weighted by Gasteiger charge is -2.13. The number of pyridine rings is 1. The number of hydrogen-bond acceptors (Lipinski definition) is 4. The molecule has 3 aromatic carbocycles. The highest BCUT2D eigenvalue weighted by atomic mass is 19.4. The maximum absolute atomic E-state index is 14.0. The number of carbonyl (C=O) groups excluding carboxylic acids is 2. The highest BCUT2D eigenvalue weighted by Crippen LogP contribution is 2.30. The number of aromatic carboxylic acids is 1. The predicted molar refractivity (Wildman–Crippen MR) is 140 cm³/mol. The minimum absolute atomic E-state index is 0.0352. The summed E-state index contributed by atoms with van der Waals surface area (Å²) in [4.78, 5) is 42.1. The lowest BCUT2D eigenvalue weighted by atomic mass is 10.0. The number of halogens is 5.